The smallest absolute Gasteiger partial charge is 0.000850 e. The van der Waals surface area contributed by atoms with E-state index in [1.165, 1.54) is 45.2 Å². The fraction of sp³-hybridized carbons (Fsp3) is 1.00. The maximum absolute atomic E-state index is 3.55. The maximum atomic E-state index is 3.55. The fourth-order valence-corrected chi connectivity index (χ4v) is 3.66. The molecule has 0 amide bonds. The Morgan fingerprint density at radius 2 is 2.14 bits per heavy atom. The fourth-order valence-electron chi connectivity index (χ4n) is 3.66. The SMILES string of the molecule is CCC(C)C1(C)CCC2(CCNC2)C1.[HH]. The van der Waals surface area contributed by atoms with Crippen LogP contribution in [-0.4, -0.2) is 13.1 Å². The highest BCUT2D eigenvalue weighted by molar-refractivity contribution is 5.00. The number of hydrogen-bond acceptors (Lipinski definition) is 1. The third kappa shape index (κ3) is 1.60. The van der Waals surface area contributed by atoms with E-state index in [-0.39, 0.29) is 1.43 Å². The molecule has 84 valence electrons. The van der Waals surface area contributed by atoms with Crippen molar-refractivity contribution in [3.8, 4) is 0 Å². The van der Waals surface area contributed by atoms with E-state index in [0.717, 1.165) is 5.92 Å². The lowest BCUT2D eigenvalue weighted by molar-refractivity contribution is 0.174. The van der Waals surface area contributed by atoms with Crippen LogP contribution in [0.3, 0.4) is 0 Å². The van der Waals surface area contributed by atoms with Gasteiger partial charge in [0.1, 0.15) is 0 Å². The normalized spacial score (nSPS) is 44.8. The minimum absolute atomic E-state index is 0. The Balaban J connectivity index is 0.00000112. The van der Waals surface area contributed by atoms with Crippen molar-refractivity contribution in [3.05, 3.63) is 0 Å². The summed E-state index contributed by atoms with van der Waals surface area (Å²) in [5, 5.41) is 3.55. The van der Waals surface area contributed by atoms with Gasteiger partial charge in [-0.3, -0.25) is 0 Å². The molecule has 1 aliphatic heterocycles. The van der Waals surface area contributed by atoms with Crippen LogP contribution in [0, 0.1) is 16.7 Å². The average Bonchev–Trinajstić information content (AvgIpc) is 2.75. The molecular formula is C13H27N. The van der Waals surface area contributed by atoms with Gasteiger partial charge in [0.05, 0.1) is 0 Å². The first kappa shape index (κ1) is 10.5. The largest absolute Gasteiger partial charge is 0.316 e. The van der Waals surface area contributed by atoms with Crippen LogP contribution < -0.4 is 5.32 Å². The van der Waals surface area contributed by atoms with Crippen LogP contribution >= 0.6 is 0 Å². The zero-order valence-corrected chi connectivity index (χ0v) is 10.0. The van der Waals surface area contributed by atoms with Crippen LogP contribution in [-0.2, 0) is 0 Å². The van der Waals surface area contributed by atoms with Crippen molar-refractivity contribution in [2.24, 2.45) is 16.7 Å². The highest BCUT2D eigenvalue weighted by atomic mass is 14.9. The Morgan fingerprint density at radius 1 is 1.36 bits per heavy atom. The highest BCUT2D eigenvalue weighted by Gasteiger charge is 2.48. The van der Waals surface area contributed by atoms with Crippen molar-refractivity contribution >= 4 is 0 Å². The molecule has 1 heterocycles. The number of hydrogen-bond donors (Lipinski definition) is 1. The van der Waals surface area contributed by atoms with Crippen molar-refractivity contribution in [1.29, 1.82) is 0 Å². The van der Waals surface area contributed by atoms with Gasteiger partial charge in [0.15, 0.2) is 0 Å². The topological polar surface area (TPSA) is 12.0 Å². The molecule has 1 spiro atoms. The van der Waals surface area contributed by atoms with E-state index in [2.05, 4.69) is 26.1 Å². The number of rotatable bonds is 2. The summed E-state index contributed by atoms with van der Waals surface area (Å²) in [5.41, 5.74) is 1.33. The van der Waals surface area contributed by atoms with Gasteiger partial charge in [-0.2, -0.15) is 0 Å². The van der Waals surface area contributed by atoms with Gasteiger partial charge in [-0.1, -0.05) is 27.2 Å². The van der Waals surface area contributed by atoms with Crippen molar-refractivity contribution < 1.29 is 1.43 Å². The molecule has 2 rings (SSSR count). The summed E-state index contributed by atoms with van der Waals surface area (Å²) in [7, 11) is 0. The molecule has 1 nitrogen and oxygen atoms in total. The van der Waals surface area contributed by atoms with Crippen LogP contribution in [0.5, 0.6) is 0 Å². The first-order chi connectivity index (χ1) is 6.60. The summed E-state index contributed by atoms with van der Waals surface area (Å²) in [6.07, 6.45) is 7.19. The van der Waals surface area contributed by atoms with Crippen LogP contribution in [0.25, 0.3) is 0 Å². The summed E-state index contributed by atoms with van der Waals surface area (Å²) < 4.78 is 0. The zero-order valence-electron chi connectivity index (χ0n) is 10.0. The first-order valence-corrected chi connectivity index (χ1v) is 6.31. The summed E-state index contributed by atoms with van der Waals surface area (Å²) in [6.45, 7) is 9.86. The number of nitrogens with one attached hydrogen (secondary N) is 1. The van der Waals surface area contributed by atoms with Crippen molar-refractivity contribution in [2.75, 3.05) is 13.1 Å². The molecule has 1 N–H and O–H groups in total. The lowest BCUT2D eigenvalue weighted by Gasteiger charge is -2.33. The molecule has 3 atom stereocenters. The van der Waals surface area contributed by atoms with Gasteiger partial charge in [0.25, 0.3) is 0 Å². The molecule has 3 unspecified atom stereocenters. The van der Waals surface area contributed by atoms with E-state index < -0.39 is 0 Å². The predicted molar refractivity (Wildman–Crippen MR) is 63.4 cm³/mol. The Kier molecular flexibility index (Phi) is 2.63. The van der Waals surface area contributed by atoms with Gasteiger partial charge >= 0.3 is 0 Å². The monoisotopic (exact) mass is 197 g/mol. The minimum atomic E-state index is 0. The summed E-state index contributed by atoms with van der Waals surface area (Å²) >= 11 is 0. The molecule has 1 heteroatoms. The first-order valence-electron chi connectivity index (χ1n) is 6.31. The van der Waals surface area contributed by atoms with Crippen LogP contribution in [0.1, 0.15) is 54.3 Å². The molecule has 14 heavy (non-hydrogen) atoms. The van der Waals surface area contributed by atoms with Gasteiger partial charge in [0.2, 0.25) is 0 Å². The Labute approximate surface area is 90.1 Å². The zero-order chi connectivity index (χ0) is 10.2. The van der Waals surface area contributed by atoms with Crippen molar-refractivity contribution in [2.45, 2.75) is 52.9 Å². The van der Waals surface area contributed by atoms with Gasteiger partial charge < -0.3 is 5.32 Å². The second-order valence-electron chi connectivity index (χ2n) is 6.07. The standard InChI is InChI=1S/C13H25N.H2/c1-4-11(2)12(3)5-6-13(9-12)7-8-14-10-13;/h11,14H,4-10H2,1-3H3;1H. The van der Waals surface area contributed by atoms with Gasteiger partial charge in [-0.15, -0.1) is 0 Å². The van der Waals surface area contributed by atoms with E-state index in [0.29, 0.717) is 10.8 Å². The third-order valence-corrected chi connectivity index (χ3v) is 5.14. The molecule has 0 aromatic heterocycles. The summed E-state index contributed by atoms with van der Waals surface area (Å²) in [4.78, 5) is 0. The van der Waals surface area contributed by atoms with Gasteiger partial charge in [-0.25, -0.2) is 0 Å². The van der Waals surface area contributed by atoms with E-state index >= 15 is 0 Å². The second kappa shape index (κ2) is 3.52. The lowest BCUT2D eigenvalue weighted by Crippen LogP contribution is -2.26. The molecule has 2 aliphatic rings. The molecule has 0 aromatic rings. The predicted octanol–water partition coefficient (Wildman–Crippen LogP) is 3.45. The Hall–Kier alpha value is -0.0400. The molecule has 1 aliphatic carbocycles. The van der Waals surface area contributed by atoms with Crippen molar-refractivity contribution in [3.63, 3.8) is 0 Å². The second-order valence-corrected chi connectivity index (χ2v) is 6.07. The third-order valence-electron chi connectivity index (χ3n) is 5.14. The Morgan fingerprint density at radius 3 is 2.71 bits per heavy atom. The molecule has 0 bridgehead atoms. The van der Waals surface area contributed by atoms with Crippen LogP contribution in [0.4, 0.5) is 0 Å². The van der Waals surface area contributed by atoms with Gasteiger partial charge in [0, 0.05) is 7.97 Å². The summed E-state index contributed by atoms with van der Waals surface area (Å²) in [5.74, 6) is 0.905. The van der Waals surface area contributed by atoms with E-state index in [1.807, 2.05) is 0 Å². The average molecular weight is 197 g/mol. The van der Waals surface area contributed by atoms with Crippen molar-refractivity contribution in [1.82, 2.24) is 5.32 Å². The molecule has 0 aromatic carbocycles. The lowest BCUT2D eigenvalue weighted by atomic mass is 9.72. The van der Waals surface area contributed by atoms with Crippen LogP contribution in [0.15, 0.2) is 0 Å². The molecular weight excluding hydrogens is 170 g/mol. The van der Waals surface area contributed by atoms with E-state index in [9.17, 15) is 0 Å². The molecule has 2 fully saturated rings. The summed E-state index contributed by atoms with van der Waals surface area (Å²) in [6, 6.07) is 0. The Bertz CT molecular complexity index is 211. The van der Waals surface area contributed by atoms with E-state index in [1.54, 1.807) is 0 Å². The molecule has 1 saturated heterocycles. The van der Waals surface area contributed by atoms with E-state index in [4.69, 9.17) is 0 Å². The molecule has 0 radical (unpaired) electrons. The highest BCUT2D eigenvalue weighted by Crippen LogP contribution is 2.55. The quantitative estimate of drug-likeness (QED) is 0.715. The minimum Gasteiger partial charge on any atom is -0.316 e. The molecule has 1 saturated carbocycles. The maximum Gasteiger partial charge on any atom is 0.000850 e. The van der Waals surface area contributed by atoms with Gasteiger partial charge in [-0.05, 0) is 49.0 Å². The van der Waals surface area contributed by atoms with Crippen LogP contribution in [0.2, 0.25) is 0 Å².